The van der Waals surface area contributed by atoms with Gasteiger partial charge in [0.1, 0.15) is 17.1 Å². The van der Waals surface area contributed by atoms with Gasteiger partial charge >= 0.3 is 11.9 Å². The van der Waals surface area contributed by atoms with E-state index in [9.17, 15) is 14.7 Å². The van der Waals surface area contributed by atoms with Gasteiger partial charge in [0, 0.05) is 4.47 Å². The summed E-state index contributed by atoms with van der Waals surface area (Å²) in [5.41, 5.74) is 0.197. The second kappa shape index (κ2) is 10.5. The number of hydrogen-bond acceptors (Lipinski definition) is 4. The van der Waals surface area contributed by atoms with Gasteiger partial charge in [-0.05, 0) is 58.7 Å². The number of rotatable bonds is 9. The molecule has 0 saturated carbocycles. The van der Waals surface area contributed by atoms with Gasteiger partial charge in [0.15, 0.2) is 0 Å². The molecule has 2 aromatic rings. The first kappa shape index (κ1) is 21.4. The normalized spacial score (nSPS) is 10.5. The number of esters is 1. The lowest BCUT2D eigenvalue weighted by Crippen LogP contribution is -2.12. The molecule has 0 fully saturated rings. The number of carboxylic acids is 1. The van der Waals surface area contributed by atoms with Crippen molar-refractivity contribution in [3.63, 3.8) is 0 Å². The zero-order valence-corrected chi connectivity index (χ0v) is 18.0. The molecule has 0 aliphatic rings. The number of carbonyl (C=O) groups excluding carboxylic acids is 1. The van der Waals surface area contributed by atoms with Crippen LogP contribution < -0.4 is 9.47 Å². The average Bonchev–Trinajstić information content (AvgIpc) is 2.63. The fourth-order valence-electron chi connectivity index (χ4n) is 2.37. The molecule has 2 rings (SSSR count). The number of benzene rings is 2. The minimum atomic E-state index is -1.17. The number of aromatic carboxylic acids is 1. The number of carbonyl (C=O) groups is 2. The summed E-state index contributed by atoms with van der Waals surface area (Å²) in [4.78, 5) is 23.7. The van der Waals surface area contributed by atoms with E-state index < -0.39 is 11.9 Å². The Morgan fingerprint density at radius 2 is 1.74 bits per heavy atom. The quantitative estimate of drug-likeness (QED) is 0.257. The molecule has 5 nitrogen and oxygen atoms in total. The number of hydrogen-bond donors (Lipinski definition) is 1. The maximum absolute atomic E-state index is 12.4. The van der Waals surface area contributed by atoms with E-state index in [1.807, 2.05) is 0 Å². The summed E-state index contributed by atoms with van der Waals surface area (Å²) in [6, 6.07) is 9.32. The van der Waals surface area contributed by atoms with Crippen molar-refractivity contribution in [1.82, 2.24) is 0 Å². The number of ether oxygens (including phenoxy) is 2. The predicted molar refractivity (Wildman–Crippen MR) is 110 cm³/mol. The molecule has 0 heterocycles. The second-order valence-electron chi connectivity index (χ2n) is 5.89. The molecule has 0 amide bonds. The zero-order chi connectivity index (χ0) is 19.8. The first-order valence-corrected chi connectivity index (χ1v) is 10.2. The zero-order valence-electron chi connectivity index (χ0n) is 14.8. The standard InChI is InChI=1S/C20H20Br2O5/c1-2-3-4-5-10-26-18-8-6-13(11-16(18)22)20(25)27-17-9-7-14(21)12-15(17)19(23)24/h6-9,11-12H,2-5,10H2,1H3,(H,23,24). The van der Waals surface area contributed by atoms with Gasteiger partial charge in [0.2, 0.25) is 0 Å². The van der Waals surface area contributed by atoms with Crippen LogP contribution in [0.1, 0.15) is 53.3 Å². The van der Waals surface area contributed by atoms with Gasteiger partial charge in [0.25, 0.3) is 0 Å². The van der Waals surface area contributed by atoms with Crippen LogP contribution in [0.5, 0.6) is 11.5 Å². The van der Waals surface area contributed by atoms with E-state index in [0.29, 0.717) is 26.9 Å². The van der Waals surface area contributed by atoms with E-state index in [0.717, 1.165) is 12.8 Å². The van der Waals surface area contributed by atoms with Crippen molar-refractivity contribution in [2.24, 2.45) is 0 Å². The number of carboxylic acid groups (broad SMARTS) is 1. The van der Waals surface area contributed by atoms with Crippen LogP contribution in [0.15, 0.2) is 45.3 Å². The van der Waals surface area contributed by atoms with Gasteiger partial charge in [-0.25, -0.2) is 9.59 Å². The number of unbranched alkanes of at least 4 members (excludes halogenated alkanes) is 3. The molecule has 0 spiro atoms. The minimum Gasteiger partial charge on any atom is -0.492 e. The molecular weight excluding hydrogens is 480 g/mol. The topological polar surface area (TPSA) is 72.8 Å². The van der Waals surface area contributed by atoms with Gasteiger partial charge < -0.3 is 14.6 Å². The monoisotopic (exact) mass is 498 g/mol. The molecule has 0 unspecified atom stereocenters. The van der Waals surface area contributed by atoms with Crippen molar-refractivity contribution >= 4 is 43.8 Å². The summed E-state index contributed by atoms with van der Waals surface area (Å²) in [6.45, 7) is 2.77. The van der Waals surface area contributed by atoms with E-state index in [4.69, 9.17) is 9.47 Å². The van der Waals surface area contributed by atoms with Crippen LogP contribution in [0.3, 0.4) is 0 Å². The molecule has 0 aromatic heterocycles. The Labute approximate surface area is 174 Å². The highest BCUT2D eigenvalue weighted by Crippen LogP contribution is 2.28. The van der Waals surface area contributed by atoms with Gasteiger partial charge in [0.05, 0.1) is 16.6 Å². The van der Waals surface area contributed by atoms with Gasteiger partial charge in [-0.15, -0.1) is 0 Å². The molecule has 0 aliphatic heterocycles. The van der Waals surface area contributed by atoms with E-state index >= 15 is 0 Å². The van der Waals surface area contributed by atoms with Crippen molar-refractivity contribution in [2.45, 2.75) is 32.6 Å². The largest absolute Gasteiger partial charge is 0.492 e. The lowest BCUT2D eigenvalue weighted by Gasteiger charge is -2.11. The highest BCUT2D eigenvalue weighted by Gasteiger charge is 2.17. The Bertz CT molecular complexity index is 820. The van der Waals surface area contributed by atoms with E-state index in [1.54, 1.807) is 24.3 Å². The van der Waals surface area contributed by atoms with Crippen molar-refractivity contribution in [3.05, 3.63) is 56.5 Å². The van der Waals surface area contributed by atoms with E-state index in [-0.39, 0.29) is 11.3 Å². The van der Waals surface area contributed by atoms with Crippen LogP contribution in [0, 0.1) is 0 Å². The highest BCUT2D eigenvalue weighted by molar-refractivity contribution is 9.10. The van der Waals surface area contributed by atoms with Gasteiger partial charge in [-0.2, -0.15) is 0 Å². The van der Waals surface area contributed by atoms with Crippen LogP contribution in [0.2, 0.25) is 0 Å². The SMILES string of the molecule is CCCCCCOc1ccc(C(=O)Oc2ccc(Br)cc2C(=O)O)cc1Br. The molecule has 144 valence electrons. The van der Waals surface area contributed by atoms with Gasteiger partial charge in [-0.3, -0.25) is 0 Å². The molecular formula is C20H20Br2O5. The van der Waals surface area contributed by atoms with Crippen LogP contribution in [0.4, 0.5) is 0 Å². The molecule has 7 heteroatoms. The molecule has 0 bridgehead atoms. The van der Waals surface area contributed by atoms with Crippen molar-refractivity contribution < 1.29 is 24.2 Å². The third-order valence-corrected chi connectivity index (χ3v) is 4.91. The van der Waals surface area contributed by atoms with E-state index in [2.05, 4.69) is 38.8 Å². The first-order valence-electron chi connectivity index (χ1n) is 8.59. The highest BCUT2D eigenvalue weighted by atomic mass is 79.9. The third kappa shape index (κ3) is 6.36. The Hall–Kier alpha value is -1.86. The summed E-state index contributed by atoms with van der Waals surface area (Å²) < 4.78 is 12.2. The Balaban J connectivity index is 2.05. The van der Waals surface area contributed by atoms with E-state index in [1.165, 1.54) is 25.0 Å². The Kier molecular flexibility index (Phi) is 8.31. The predicted octanol–water partition coefficient (Wildman–Crippen LogP) is 6.09. The first-order chi connectivity index (χ1) is 12.9. The molecule has 2 aromatic carbocycles. The molecule has 27 heavy (non-hydrogen) atoms. The molecule has 0 atom stereocenters. The van der Waals surface area contributed by atoms with Crippen LogP contribution in [-0.2, 0) is 0 Å². The fourth-order valence-corrected chi connectivity index (χ4v) is 3.23. The lowest BCUT2D eigenvalue weighted by molar-refractivity contribution is 0.0681. The number of halogens is 2. The van der Waals surface area contributed by atoms with Crippen molar-refractivity contribution in [2.75, 3.05) is 6.61 Å². The third-order valence-electron chi connectivity index (χ3n) is 3.80. The van der Waals surface area contributed by atoms with Crippen LogP contribution in [0.25, 0.3) is 0 Å². The molecule has 0 saturated heterocycles. The molecule has 0 radical (unpaired) electrons. The average molecular weight is 500 g/mol. The molecule has 0 aliphatic carbocycles. The smallest absolute Gasteiger partial charge is 0.343 e. The van der Waals surface area contributed by atoms with Crippen LogP contribution in [-0.4, -0.2) is 23.7 Å². The fraction of sp³-hybridized carbons (Fsp3) is 0.300. The summed E-state index contributed by atoms with van der Waals surface area (Å²) in [5, 5.41) is 9.25. The van der Waals surface area contributed by atoms with Gasteiger partial charge in [-0.1, -0.05) is 42.1 Å². The van der Waals surface area contributed by atoms with Crippen molar-refractivity contribution in [1.29, 1.82) is 0 Å². The summed E-state index contributed by atoms with van der Waals surface area (Å²) in [6.07, 6.45) is 4.45. The second-order valence-corrected chi connectivity index (χ2v) is 7.66. The van der Waals surface area contributed by atoms with Crippen LogP contribution >= 0.6 is 31.9 Å². The maximum Gasteiger partial charge on any atom is 0.343 e. The Morgan fingerprint density at radius 3 is 2.41 bits per heavy atom. The maximum atomic E-state index is 12.4. The molecule has 1 N–H and O–H groups in total. The summed E-state index contributed by atoms with van der Waals surface area (Å²) in [5.74, 6) is -1.18. The summed E-state index contributed by atoms with van der Waals surface area (Å²) in [7, 11) is 0. The summed E-state index contributed by atoms with van der Waals surface area (Å²) >= 11 is 6.60. The lowest BCUT2D eigenvalue weighted by atomic mass is 10.2. The Morgan fingerprint density at radius 1 is 1.00 bits per heavy atom. The minimum absolute atomic E-state index is 0.0110. The van der Waals surface area contributed by atoms with Crippen molar-refractivity contribution in [3.8, 4) is 11.5 Å².